The molecular weight excluding hydrogens is 106 g/mol. The van der Waals surface area contributed by atoms with Crippen molar-refractivity contribution in [3.8, 4) is 0 Å². The van der Waals surface area contributed by atoms with Crippen molar-refractivity contribution in [2.75, 3.05) is 5.75 Å². The zero-order valence-electron chi connectivity index (χ0n) is 4.35. The summed E-state index contributed by atoms with van der Waals surface area (Å²) in [7, 11) is 0. The largest absolute Gasteiger partial charge is 0.312 e. The Labute approximate surface area is 48.3 Å². The lowest BCUT2D eigenvalue weighted by Crippen LogP contribution is -1.69. The SMILES string of the molecule is C/C=C\SCC=N. The first-order chi connectivity index (χ1) is 3.41. The molecule has 0 spiro atoms. The Bertz CT molecular complexity index is 68.5. The smallest absolute Gasteiger partial charge is 0.0322 e. The van der Waals surface area contributed by atoms with Gasteiger partial charge >= 0.3 is 0 Å². The molecule has 0 fully saturated rings. The van der Waals surface area contributed by atoms with Gasteiger partial charge in [0.25, 0.3) is 0 Å². The molecule has 0 atom stereocenters. The molecule has 0 radical (unpaired) electrons. The minimum absolute atomic E-state index is 0.796. The fourth-order valence-corrected chi connectivity index (χ4v) is 0.600. The lowest BCUT2D eigenvalue weighted by Gasteiger charge is -1.78. The number of hydrogen-bond donors (Lipinski definition) is 1. The van der Waals surface area contributed by atoms with E-state index in [0.717, 1.165) is 5.75 Å². The summed E-state index contributed by atoms with van der Waals surface area (Å²) in [6, 6.07) is 0. The predicted molar refractivity (Wildman–Crippen MR) is 36.1 cm³/mol. The molecule has 7 heavy (non-hydrogen) atoms. The van der Waals surface area contributed by atoms with E-state index < -0.39 is 0 Å². The summed E-state index contributed by atoms with van der Waals surface area (Å²) in [5.74, 6) is 0.796. The van der Waals surface area contributed by atoms with Gasteiger partial charge in [-0.1, -0.05) is 6.08 Å². The molecule has 0 heterocycles. The summed E-state index contributed by atoms with van der Waals surface area (Å²) < 4.78 is 0. The Hall–Kier alpha value is -0.240. The summed E-state index contributed by atoms with van der Waals surface area (Å²) in [5, 5.41) is 8.58. The number of hydrogen-bond acceptors (Lipinski definition) is 2. The molecule has 0 aromatic heterocycles. The molecule has 1 nitrogen and oxygen atoms in total. The summed E-state index contributed by atoms with van der Waals surface area (Å²) >= 11 is 1.63. The molecule has 0 rings (SSSR count). The van der Waals surface area contributed by atoms with Crippen molar-refractivity contribution in [2.45, 2.75) is 6.92 Å². The second-order valence-corrected chi connectivity index (χ2v) is 1.95. The summed E-state index contributed by atoms with van der Waals surface area (Å²) in [5.41, 5.74) is 0. The van der Waals surface area contributed by atoms with Gasteiger partial charge in [-0.3, -0.25) is 0 Å². The topological polar surface area (TPSA) is 23.9 Å². The van der Waals surface area contributed by atoms with E-state index >= 15 is 0 Å². The van der Waals surface area contributed by atoms with E-state index in [0.29, 0.717) is 0 Å². The number of allylic oxidation sites excluding steroid dienone is 1. The van der Waals surface area contributed by atoms with Crippen molar-refractivity contribution < 1.29 is 0 Å². The third-order valence-corrected chi connectivity index (χ3v) is 1.24. The molecule has 2 heteroatoms. The molecule has 40 valence electrons. The van der Waals surface area contributed by atoms with Crippen molar-refractivity contribution in [2.24, 2.45) is 0 Å². The maximum atomic E-state index is 6.60. The second-order valence-electron chi connectivity index (χ2n) is 1.01. The first kappa shape index (κ1) is 6.76. The fraction of sp³-hybridized carbons (Fsp3) is 0.400. The van der Waals surface area contributed by atoms with E-state index in [2.05, 4.69) is 0 Å². The van der Waals surface area contributed by atoms with Crippen LogP contribution in [0.3, 0.4) is 0 Å². The van der Waals surface area contributed by atoms with Crippen LogP contribution in [-0.2, 0) is 0 Å². The van der Waals surface area contributed by atoms with Crippen LogP contribution in [0, 0.1) is 5.41 Å². The van der Waals surface area contributed by atoms with Crippen LogP contribution in [0.15, 0.2) is 11.5 Å². The van der Waals surface area contributed by atoms with Crippen molar-refractivity contribution in [1.29, 1.82) is 5.41 Å². The Morgan fingerprint density at radius 3 is 2.86 bits per heavy atom. The first-order valence-electron chi connectivity index (χ1n) is 2.13. The minimum Gasteiger partial charge on any atom is -0.312 e. The molecular formula is C5H9NS. The lowest BCUT2D eigenvalue weighted by molar-refractivity contribution is 1.55. The number of rotatable bonds is 3. The summed E-state index contributed by atoms with van der Waals surface area (Å²) in [4.78, 5) is 0. The van der Waals surface area contributed by atoms with Crippen LogP contribution >= 0.6 is 11.8 Å². The molecule has 0 aromatic carbocycles. The molecule has 0 amide bonds. The van der Waals surface area contributed by atoms with Crippen LogP contribution < -0.4 is 0 Å². The molecule has 0 bridgehead atoms. The van der Waals surface area contributed by atoms with Gasteiger partial charge in [-0.15, -0.1) is 11.8 Å². The molecule has 0 unspecified atom stereocenters. The third-order valence-electron chi connectivity index (χ3n) is 0.412. The van der Waals surface area contributed by atoms with Gasteiger partial charge in [0.15, 0.2) is 0 Å². The van der Waals surface area contributed by atoms with E-state index in [4.69, 9.17) is 5.41 Å². The normalized spacial score (nSPS) is 9.86. The van der Waals surface area contributed by atoms with E-state index in [-0.39, 0.29) is 0 Å². The van der Waals surface area contributed by atoms with Crippen molar-refractivity contribution in [1.82, 2.24) is 0 Å². The van der Waals surface area contributed by atoms with Crippen LogP contribution in [0.25, 0.3) is 0 Å². The Balaban J connectivity index is 2.82. The molecule has 0 saturated heterocycles. The summed E-state index contributed by atoms with van der Waals surface area (Å²) in [6.45, 7) is 1.97. The van der Waals surface area contributed by atoms with E-state index in [9.17, 15) is 0 Å². The highest BCUT2D eigenvalue weighted by Gasteiger charge is 1.69. The monoisotopic (exact) mass is 115 g/mol. The highest BCUT2D eigenvalue weighted by molar-refractivity contribution is 8.02. The van der Waals surface area contributed by atoms with Gasteiger partial charge in [0.1, 0.15) is 0 Å². The van der Waals surface area contributed by atoms with Gasteiger partial charge in [0.05, 0.1) is 0 Å². The van der Waals surface area contributed by atoms with Gasteiger partial charge < -0.3 is 5.41 Å². The van der Waals surface area contributed by atoms with Crippen LogP contribution in [0.1, 0.15) is 6.92 Å². The van der Waals surface area contributed by atoms with Gasteiger partial charge in [0.2, 0.25) is 0 Å². The molecule has 0 aromatic rings. The van der Waals surface area contributed by atoms with Crippen molar-refractivity contribution in [3.05, 3.63) is 11.5 Å². The van der Waals surface area contributed by atoms with Gasteiger partial charge in [-0.2, -0.15) is 0 Å². The molecule has 0 aliphatic rings. The number of thioether (sulfide) groups is 1. The van der Waals surface area contributed by atoms with Gasteiger partial charge in [-0.05, 0) is 12.3 Å². The maximum absolute atomic E-state index is 6.60. The standard InChI is InChI=1S/C5H9NS/c1-2-4-7-5-3-6/h2-4,6H,5H2,1H3/b4-2-,6-3?. The first-order valence-corrected chi connectivity index (χ1v) is 3.18. The second kappa shape index (κ2) is 5.76. The van der Waals surface area contributed by atoms with E-state index in [1.54, 1.807) is 11.8 Å². The average molecular weight is 115 g/mol. The van der Waals surface area contributed by atoms with Crippen molar-refractivity contribution in [3.63, 3.8) is 0 Å². The van der Waals surface area contributed by atoms with Gasteiger partial charge in [-0.25, -0.2) is 0 Å². The Morgan fingerprint density at radius 1 is 1.71 bits per heavy atom. The minimum atomic E-state index is 0.796. The highest BCUT2D eigenvalue weighted by Crippen LogP contribution is 1.96. The zero-order valence-corrected chi connectivity index (χ0v) is 5.16. The number of nitrogens with one attached hydrogen (secondary N) is 1. The Kier molecular flexibility index (Phi) is 5.56. The molecule has 0 aliphatic heterocycles. The van der Waals surface area contributed by atoms with Crippen LogP contribution in [0.5, 0.6) is 0 Å². The predicted octanol–water partition coefficient (Wildman–Crippen LogP) is 1.90. The van der Waals surface area contributed by atoms with Crippen LogP contribution in [0.4, 0.5) is 0 Å². The van der Waals surface area contributed by atoms with Crippen LogP contribution in [-0.4, -0.2) is 12.0 Å². The van der Waals surface area contributed by atoms with Crippen molar-refractivity contribution >= 4 is 18.0 Å². The summed E-state index contributed by atoms with van der Waals surface area (Å²) in [6.07, 6.45) is 3.36. The Morgan fingerprint density at radius 2 is 2.43 bits per heavy atom. The highest BCUT2D eigenvalue weighted by atomic mass is 32.2. The molecule has 1 N–H and O–H groups in total. The van der Waals surface area contributed by atoms with E-state index in [1.807, 2.05) is 18.4 Å². The average Bonchev–Trinajstić information content (AvgIpc) is 1.69. The molecule has 0 saturated carbocycles. The third kappa shape index (κ3) is 5.76. The van der Waals surface area contributed by atoms with Crippen LogP contribution in [0.2, 0.25) is 0 Å². The lowest BCUT2D eigenvalue weighted by atomic mass is 10.8. The quantitative estimate of drug-likeness (QED) is 0.441. The zero-order chi connectivity index (χ0) is 5.54. The van der Waals surface area contributed by atoms with E-state index in [1.165, 1.54) is 6.21 Å². The molecule has 0 aliphatic carbocycles. The maximum Gasteiger partial charge on any atom is 0.0322 e. The van der Waals surface area contributed by atoms with Gasteiger partial charge in [0, 0.05) is 12.0 Å². The fourth-order valence-electron chi connectivity index (χ4n) is 0.200.